The van der Waals surface area contributed by atoms with Crippen LogP contribution in [0.15, 0.2) is 54.6 Å². The van der Waals surface area contributed by atoms with Gasteiger partial charge in [0.1, 0.15) is 0 Å². The Morgan fingerprint density at radius 2 is 1.69 bits per heavy atom. The molecule has 1 aliphatic heterocycles. The molecule has 2 aromatic carbocycles. The summed E-state index contributed by atoms with van der Waals surface area (Å²) in [6.45, 7) is 4.96. The maximum atomic E-state index is 12.7. The second-order valence-corrected chi connectivity index (χ2v) is 7.16. The van der Waals surface area contributed by atoms with Gasteiger partial charge in [-0.1, -0.05) is 44.2 Å². The number of carbonyl (C=O) groups excluding carboxylic acids is 2. The summed E-state index contributed by atoms with van der Waals surface area (Å²) in [5.74, 6) is 0.355. The topological polar surface area (TPSA) is 49.4 Å². The predicted octanol–water partition coefficient (Wildman–Crippen LogP) is 4.33. The summed E-state index contributed by atoms with van der Waals surface area (Å²) in [5.41, 5.74) is 2.58. The van der Waals surface area contributed by atoms with Gasteiger partial charge in [0, 0.05) is 24.2 Å². The minimum Gasteiger partial charge on any atom is -0.345 e. The Morgan fingerprint density at radius 3 is 2.31 bits per heavy atom. The van der Waals surface area contributed by atoms with Crippen LogP contribution >= 0.6 is 0 Å². The maximum absolute atomic E-state index is 12.7. The van der Waals surface area contributed by atoms with Gasteiger partial charge in [-0.3, -0.25) is 9.59 Å². The minimum atomic E-state index is -0.0935. The molecule has 1 N–H and O–H groups in total. The Balaban J connectivity index is 1.72. The van der Waals surface area contributed by atoms with Crippen LogP contribution in [0.1, 0.15) is 55.1 Å². The van der Waals surface area contributed by atoms with Crippen molar-refractivity contribution in [2.75, 3.05) is 11.4 Å². The molecule has 1 fully saturated rings. The van der Waals surface area contributed by atoms with Crippen LogP contribution in [-0.2, 0) is 4.79 Å². The summed E-state index contributed by atoms with van der Waals surface area (Å²) < 4.78 is 0. The van der Waals surface area contributed by atoms with E-state index < -0.39 is 0 Å². The molecule has 4 heteroatoms. The SMILES string of the molecule is CC(C)C(NC(=O)c1ccc(N2CCCCC2=O)cc1)c1ccccc1. The Morgan fingerprint density at radius 1 is 1.00 bits per heavy atom. The highest BCUT2D eigenvalue weighted by Crippen LogP contribution is 2.24. The zero-order valence-electron chi connectivity index (χ0n) is 15.4. The standard InChI is InChI=1S/C22H26N2O2/c1-16(2)21(17-8-4-3-5-9-17)23-22(26)18-11-13-19(14-12-18)24-15-7-6-10-20(24)25/h3-5,8-9,11-14,16,21H,6-7,10,15H2,1-2H3,(H,23,26). The van der Waals surface area contributed by atoms with Gasteiger partial charge in [-0.25, -0.2) is 0 Å². The highest BCUT2D eigenvalue weighted by atomic mass is 16.2. The lowest BCUT2D eigenvalue weighted by Crippen LogP contribution is -2.35. The van der Waals surface area contributed by atoms with Crippen LogP contribution in [-0.4, -0.2) is 18.4 Å². The second-order valence-electron chi connectivity index (χ2n) is 7.16. The molecular weight excluding hydrogens is 324 g/mol. The molecule has 0 bridgehead atoms. The van der Waals surface area contributed by atoms with E-state index in [1.54, 1.807) is 12.1 Å². The third-order valence-electron chi connectivity index (χ3n) is 4.88. The average molecular weight is 350 g/mol. The lowest BCUT2D eigenvalue weighted by atomic mass is 9.95. The maximum Gasteiger partial charge on any atom is 0.251 e. The molecule has 0 aliphatic carbocycles. The number of benzene rings is 2. The van der Waals surface area contributed by atoms with Gasteiger partial charge >= 0.3 is 0 Å². The molecule has 3 rings (SSSR count). The molecule has 1 atom stereocenters. The van der Waals surface area contributed by atoms with Crippen molar-refractivity contribution in [3.8, 4) is 0 Å². The van der Waals surface area contributed by atoms with Gasteiger partial charge in [0.15, 0.2) is 0 Å². The fourth-order valence-corrected chi connectivity index (χ4v) is 3.39. The van der Waals surface area contributed by atoms with Crippen LogP contribution in [0.2, 0.25) is 0 Å². The number of amides is 2. The van der Waals surface area contributed by atoms with Crippen LogP contribution in [0.25, 0.3) is 0 Å². The third kappa shape index (κ3) is 4.13. The summed E-state index contributed by atoms with van der Waals surface area (Å²) in [6.07, 6.45) is 2.60. The number of piperidine rings is 1. The van der Waals surface area contributed by atoms with E-state index in [-0.39, 0.29) is 23.8 Å². The van der Waals surface area contributed by atoms with E-state index in [0.29, 0.717) is 12.0 Å². The van der Waals surface area contributed by atoms with Crippen LogP contribution in [0, 0.1) is 5.92 Å². The van der Waals surface area contributed by atoms with E-state index in [1.807, 2.05) is 47.4 Å². The van der Waals surface area contributed by atoms with Crippen molar-refractivity contribution in [1.29, 1.82) is 0 Å². The summed E-state index contributed by atoms with van der Waals surface area (Å²) >= 11 is 0. The van der Waals surface area contributed by atoms with Gasteiger partial charge in [0.2, 0.25) is 5.91 Å². The van der Waals surface area contributed by atoms with E-state index >= 15 is 0 Å². The Bertz CT molecular complexity index is 753. The fourth-order valence-electron chi connectivity index (χ4n) is 3.39. The number of rotatable bonds is 5. The summed E-state index contributed by atoms with van der Waals surface area (Å²) in [7, 11) is 0. The van der Waals surface area contributed by atoms with Gasteiger partial charge in [0.25, 0.3) is 5.91 Å². The first-order chi connectivity index (χ1) is 12.6. The van der Waals surface area contributed by atoms with Crippen LogP contribution < -0.4 is 10.2 Å². The van der Waals surface area contributed by atoms with Crippen molar-refractivity contribution < 1.29 is 9.59 Å². The number of anilines is 1. The van der Waals surface area contributed by atoms with E-state index in [0.717, 1.165) is 30.6 Å². The second kappa shape index (κ2) is 8.17. The minimum absolute atomic E-state index is 0.0351. The van der Waals surface area contributed by atoms with Gasteiger partial charge in [-0.05, 0) is 48.6 Å². The van der Waals surface area contributed by atoms with Crippen LogP contribution in [0.3, 0.4) is 0 Å². The van der Waals surface area contributed by atoms with Crippen LogP contribution in [0.4, 0.5) is 5.69 Å². The summed E-state index contributed by atoms with van der Waals surface area (Å²) in [6, 6.07) is 17.3. The molecule has 0 spiro atoms. The number of hydrogen-bond acceptors (Lipinski definition) is 2. The number of carbonyl (C=O) groups is 2. The van der Waals surface area contributed by atoms with Gasteiger partial charge in [-0.2, -0.15) is 0 Å². The lowest BCUT2D eigenvalue weighted by molar-refractivity contribution is -0.119. The quantitative estimate of drug-likeness (QED) is 0.872. The third-order valence-corrected chi connectivity index (χ3v) is 4.88. The van der Waals surface area contributed by atoms with E-state index in [4.69, 9.17) is 0 Å². The van der Waals surface area contributed by atoms with Gasteiger partial charge in [0.05, 0.1) is 6.04 Å². The van der Waals surface area contributed by atoms with Crippen molar-refractivity contribution >= 4 is 17.5 Å². The molecule has 2 amide bonds. The zero-order chi connectivity index (χ0) is 18.5. The predicted molar refractivity (Wildman–Crippen MR) is 104 cm³/mol. The van der Waals surface area contributed by atoms with Crippen molar-refractivity contribution in [2.24, 2.45) is 5.92 Å². The van der Waals surface area contributed by atoms with Crippen molar-refractivity contribution in [2.45, 2.75) is 39.2 Å². The smallest absolute Gasteiger partial charge is 0.251 e. The summed E-state index contributed by atoms with van der Waals surface area (Å²) in [5, 5.41) is 3.14. The molecule has 1 unspecified atom stereocenters. The van der Waals surface area contributed by atoms with Crippen LogP contribution in [0.5, 0.6) is 0 Å². The molecule has 0 radical (unpaired) electrons. The highest BCUT2D eigenvalue weighted by molar-refractivity contribution is 5.97. The molecule has 136 valence electrons. The van der Waals surface area contributed by atoms with Crippen molar-refractivity contribution in [3.05, 3.63) is 65.7 Å². The van der Waals surface area contributed by atoms with E-state index in [2.05, 4.69) is 19.2 Å². The average Bonchev–Trinajstić information content (AvgIpc) is 2.67. The number of hydrogen-bond donors (Lipinski definition) is 1. The lowest BCUT2D eigenvalue weighted by Gasteiger charge is -2.27. The van der Waals surface area contributed by atoms with Crippen molar-refractivity contribution in [3.63, 3.8) is 0 Å². The fraction of sp³-hybridized carbons (Fsp3) is 0.364. The number of nitrogens with zero attached hydrogens (tertiary/aromatic N) is 1. The molecule has 2 aromatic rings. The largest absolute Gasteiger partial charge is 0.345 e. The van der Waals surface area contributed by atoms with E-state index in [1.165, 1.54) is 0 Å². The molecular formula is C22H26N2O2. The molecule has 1 saturated heterocycles. The molecule has 1 aliphatic rings. The molecule has 1 heterocycles. The highest BCUT2D eigenvalue weighted by Gasteiger charge is 2.21. The first-order valence-electron chi connectivity index (χ1n) is 9.32. The normalized spacial score (nSPS) is 15.8. The Labute approximate surface area is 155 Å². The van der Waals surface area contributed by atoms with Gasteiger partial charge < -0.3 is 10.2 Å². The Kier molecular flexibility index (Phi) is 5.71. The molecule has 0 aromatic heterocycles. The van der Waals surface area contributed by atoms with Gasteiger partial charge in [-0.15, -0.1) is 0 Å². The molecule has 0 saturated carbocycles. The van der Waals surface area contributed by atoms with E-state index in [9.17, 15) is 9.59 Å². The Hall–Kier alpha value is -2.62. The first kappa shape index (κ1) is 18.2. The number of nitrogens with one attached hydrogen (secondary N) is 1. The zero-order valence-corrected chi connectivity index (χ0v) is 15.4. The summed E-state index contributed by atoms with van der Waals surface area (Å²) in [4.78, 5) is 26.5. The molecule has 4 nitrogen and oxygen atoms in total. The van der Waals surface area contributed by atoms with Crippen molar-refractivity contribution in [1.82, 2.24) is 5.32 Å². The first-order valence-corrected chi connectivity index (χ1v) is 9.32. The molecule has 26 heavy (non-hydrogen) atoms. The monoisotopic (exact) mass is 350 g/mol.